The lowest BCUT2D eigenvalue weighted by Gasteiger charge is -2.04. The Labute approximate surface area is 106 Å². The van der Waals surface area contributed by atoms with Crippen LogP contribution in [0.3, 0.4) is 0 Å². The van der Waals surface area contributed by atoms with E-state index in [0.717, 1.165) is 35.0 Å². The van der Waals surface area contributed by atoms with Gasteiger partial charge in [-0.2, -0.15) is 0 Å². The van der Waals surface area contributed by atoms with E-state index in [0.29, 0.717) is 11.5 Å². The van der Waals surface area contributed by atoms with Gasteiger partial charge in [-0.05, 0) is 47.3 Å². The summed E-state index contributed by atoms with van der Waals surface area (Å²) in [5.74, 6) is 0.545. The minimum atomic E-state index is -0.0277. The lowest BCUT2D eigenvalue weighted by molar-refractivity contribution is 0.898. The van der Waals surface area contributed by atoms with Crippen molar-refractivity contribution in [2.45, 2.75) is 19.3 Å². The number of aromatic nitrogens is 3. The number of nitrogens with zero attached hydrogens (tertiary/aromatic N) is 2. The maximum absolute atomic E-state index is 11.9. The van der Waals surface area contributed by atoms with Crippen LogP contribution in [0, 0.1) is 0 Å². The number of fused-ring (bicyclic) bond motifs is 1. The third-order valence-corrected chi connectivity index (χ3v) is 3.56. The lowest BCUT2D eigenvalue weighted by atomic mass is 10.2. The lowest BCUT2D eigenvalue weighted by Crippen LogP contribution is -2.15. The fraction of sp³-hybridized carbons (Fsp3) is 0.250. The first-order valence-electron chi connectivity index (χ1n) is 5.48. The van der Waals surface area contributed by atoms with Crippen molar-refractivity contribution >= 4 is 15.9 Å². The number of hydrogen-bond donors (Lipinski definition) is 1. The van der Waals surface area contributed by atoms with Crippen LogP contribution in [0.5, 0.6) is 0 Å². The van der Waals surface area contributed by atoms with E-state index in [1.165, 1.54) is 0 Å². The van der Waals surface area contributed by atoms with Crippen molar-refractivity contribution in [3.05, 3.63) is 44.4 Å². The highest BCUT2D eigenvalue weighted by molar-refractivity contribution is 9.10. The molecule has 3 rings (SSSR count). The molecule has 4 nitrogen and oxygen atoms in total. The summed E-state index contributed by atoms with van der Waals surface area (Å²) in [6, 6.07) is 3.72. The molecule has 2 aromatic rings. The van der Waals surface area contributed by atoms with Crippen LogP contribution in [0.15, 0.2) is 27.6 Å². The number of hydrogen-bond acceptors (Lipinski definition) is 3. The molecule has 1 N–H and O–H groups in total. The van der Waals surface area contributed by atoms with Gasteiger partial charge in [0.05, 0.1) is 5.69 Å². The van der Waals surface area contributed by atoms with Gasteiger partial charge in [-0.25, -0.2) is 4.98 Å². The average Bonchev–Trinajstić information content (AvgIpc) is 2.78. The summed E-state index contributed by atoms with van der Waals surface area (Å²) in [6.07, 6.45) is 4.42. The highest BCUT2D eigenvalue weighted by Gasteiger charge is 2.18. The zero-order valence-corrected chi connectivity index (χ0v) is 10.6. The smallest absolute Gasteiger partial charge is 0.254 e. The quantitative estimate of drug-likeness (QED) is 0.875. The Kier molecular flexibility index (Phi) is 2.55. The Morgan fingerprint density at radius 3 is 3.06 bits per heavy atom. The molecule has 0 radical (unpaired) electrons. The van der Waals surface area contributed by atoms with Gasteiger partial charge in [-0.1, -0.05) is 0 Å². The second kappa shape index (κ2) is 4.07. The van der Waals surface area contributed by atoms with Crippen molar-refractivity contribution in [3.8, 4) is 11.5 Å². The molecule has 1 aliphatic carbocycles. The van der Waals surface area contributed by atoms with Gasteiger partial charge in [0.1, 0.15) is 5.69 Å². The van der Waals surface area contributed by atoms with Gasteiger partial charge in [-0.15, -0.1) is 0 Å². The van der Waals surface area contributed by atoms with Crippen molar-refractivity contribution < 1.29 is 0 Å². The fourth-order valence-electron chi connectivity index (χ4n) is 2.11. The molecule has 2 heterocycles. The maximum Gasteiger partial charge on any atom is 0.254 e. The van der Waals surface area contributed by atoms with Gasteiger partial charge in [0.15, 0.2) is 5.82 Å². The molecule has 1 aliphatic rings. The van der Waals surface area contributed by atoms with Crippen molar-refractivity contribution in [2.24, 2.45) is 0 Å². The van der Waals surface area contributed by atoms with Crippen molar-refractivity contribution in [1.82, 2.24) is 15.0 Å². The Morgan fingerprint density at radius 2 is 2.24 bits per heavy atom. The molecule has 0 aliphatic heterocycles. The third kappa shape index (κ3) is 1.80. The topological polar surface area (TPSA) is 58.6 Å². The number of halogens is 1. The van der Waals surface area contributed by atoms with Gasteiger partial charge < -0.3 is 4.98 Å². The number of nitrogens with one attached hydrogen (secondary N) is 1. The fourth-order valence-corrected chi connectivity index (χ4v) is 2.56. The minimum absolute atomic E-state index is 0.0277. The highest BCUT2D eigenvalue weighted by atomic mass is 79.9. The molecule has 0 spiro atoms. The first kappa shape index (κ1) is 10.7. The monoisotopic (exact) mass is 291 g/mol. The largest absolute Gasteiger partial charge is 0.305 e. The van der Waals surface area contributed by atoms with E-state index >= 15 is 0 Å². The number of rotatable bonds is 1. The van der Waals surface area contributed by atoms with Crippen molar-refractivity contribution in [2.75, 3.05) is 0 Å². The van der Waals surface area contributed by atoms with E-state index in [9.17, 15) is 4.79 Å². The molecular formula is C12H10BrN3O. The predicted octanol–water partition coefficient (Wildman–Crippen LogP) is 2.08. The Morgan fingerprint density at radius 1 is 1.35 bits per heavy atom. The zero-order chi connectivity index (χ0) is 11.8. The summed E-state index contributed by atoms with van der Waals surface area (Å²) in [4.78, 5) is 23.4. The average molecular weight is 292 g/mol. The van der Waals surface area contributed by atoms with Crippen LogP contribution >= 0.6 is 15.9 Å². The van der Waals surface area contributed by atoms with E-state index < -0.39 is 0 Å². The van der Waals surface area contributed by atoms with Crippen LogP contribution < -0.4 is 5.56 Å². The first-order chi connectivity index (χ1) is 8.25. The Bertz CT molecular complexity index is 636. The molecule has 0 saturated carbocycles. The molecular weight excluding hydrogens is 282 g/mol. The molecule has 17 heavy (non-hydrogen) atoms. The van der Waals surface area contributed by atoms with E-state index in [1.54, 1.807) is 6.20 Å². The van der Waals surface area contributed by atoms with Gasteiger partial charge in [-0.3, -0.25) is 9.78 Å². The second-order valence-corrected chi connectivity index (χ2v) is 4.88. The summed E-state index contributed by atoms with van der Waals surface area (Å²) in [5, 5.41) is 0. The van der Waals surface area contributed by atoms with Crippen LogP contribution in [-0.4, -0.2) is 15.0 Å². The van der Waals surface area contributed by atoms with Gasteiger partial charge in [0.25, 0.3) is 5.56 Å². The SMILES string of the molecule is O=c1[nH]c(-c2ncccc2Br)nc2c1CCC2. The molecule has 86 valence electrons. The van der Waals surface area contributed by atoms with Crippen LogP contribution in [0.25, 0.3) is 11.5 Å². The highest BCUT2D eigenvalue weighted by Crippen LogP contribution is 2.24. The van der Waals surface area contributed by atoms with Crippen LogP contribution in [0.4, 0.5) is 0 Å². The summed E-state index contributed by atoms with van der Waals surface area (Å²) in [5.41, 5.74) is 2.40. The van der Waals surface area contributed by atoms with Gasteiger partial charge in [0, 0.05) is 16.2 Å². The molecule has 0 aromatic carbocycles. The summed E-state index contributed by atoms with van der Waals surface area (Å²) in [7, 11) is 0. The molecule has 0 saturated heterocycles. The molecule has 0 bridgehead atoms. The normalized spacial score (nSPS) is 13.7. The third-order valence-electron chi connectivity index (χ3n) is 2.92. The first-order valence-corrected chi connectivity index (χ1v) is 6.28. The number of H-pyrrole nitrogens is 1. The molecule has 0 atom stereocenters. The molecule has 0 unspecified atom stereocenters. The Hall–Kier alpha value is -1.49. The van der Waals surface area contributed by atoms with E-state index in [4.69, 9.17) is 0 Å². The molecule has 5 heteroatoms. The predicted molar refractivity (Wildman–Crippen MR) is 67.8 cm³/mol. The van der Waals surface area contributed by atoms with Gasteiger partial charge >= 0.3 is 0 Å². The number of aryl methyl sites for hydroxylation is 1. The standard InChI is InChI=1S/C12H10BrN3O/c13-8-4-2-6-14-10(8)11-15-9-5-1-3-7(9)12(17)16-11/h2,4,6H,1,3,5H2,(H,15,16,17). The number of aromatic amines is 1. The maximum atomic E-state index is 11.9. The van der Waals surface area contributed by atoms with Crippen molar-refractivity contribution in [3.63, 3.8) is 0 Å². The molecule has 0 fully saturated rings. The summed E-state index contributed by atoms with van der Waals surface area (Å²) in [6.45, 7) is 0. The number of pyridine rings is 1. The molecule has 2 aromatic heterocycles. The molecule has 0 amide bonds. The van der Waals surface area contributed by atoms with E-state index in [1.807, 2.05) is 12.1 Å². The van der Waals surface area contributed by atoms with Crippen LogP contribution in [0.1, 0.15) is 17.7 Å². The summed E-state index contributed by atoms with van der Waals surface area (Å²) < 4.78 is 0.834. The van der Waals surface area contributed by atoms with Crippen LogP contribution in [0.2, 0.25) is 0 Å². The van der Waals surface area contributed by atoms with Crippen molar-refractivity contribution in [1.29, 1.82) is 0 Å². The minimum Gasteiger partial charge on any atom is -0.305 e. The van der Waals surface area contributed by atoms with E-state index in [-0.39, 0.29) is 5.56 Å². The van der Waals surface area contributed by atoms with Crippen LogP contribution in [-0.2, 0) is 12.8 Å². The van der Waals surface area contributed by atoms with Gasteiger partial charge in [0.2, 0.25) is 0 Å². The Balaban J connectivity index is 2.20. The van der Waals surface area contributed by atoms with E-state index in [2.05, 4.69) is 30.9 Å². The summed E-state index contributed by atoms with van der Waals surface area (Å²) >= 11 is 3.41. The zero-order valence-electron chi connectivity index (χ0n) is 9.03. The second-order valence-electron chi connectivity index (χ2n) is 4.03.